The minimum absolute atomic E-state index is 0.00746. The molecule has 0 saturated carbocycles. The van der Waals surface area contributed by atoms with Gasteiger partial charge in [-0.2, -0.15) is 0 Å². The second kappa shape index (κ2) is 14.3. The average Bonchev–Trinajstić information content (AvgIpc) is 2.95. The molecule has 0 aliphatic rings. The molecule has 0 fully saturated rings. The molecule has 39 heavy (non-hydrogen) atoms. The van der Waals surface area contributed by atoms with Gasteiger partial charge in [0, 0.05) is 44.5 Å². The highest BCUT2D eigenvalue weighted by atomic mass is 32.2. The van der Waals surface area contributed by atoms with Crippen molar-refractivity contribution in [3.63, 3.8) is 0 Å². The lowest BCUT2D eigenvalue weighted by molar-refractivity contribution is 0.162. The summed E-state index contributed by atoms with van der Waals surface area (Å²) in [7, 11) is -1.09. The molecule has 0 bridgehead atoms. The number of ether oxygens (including phenoxy) is 3. The van der Waals surface area contributed by atoms with E-state index in [0.717, 1.165) is 29.9 Å². The molecule has 4 rings (SSSR count). The van der Waals surface area contributed by atoms with E-state index in [-0.39, 0.29) is 23.2 Å². The van der Waals surface area contributed by atoms with Crippen molar-refractivity contribution in [3.05, 3.63) is 78.5 Å². The van der Waals surface area contributed by atoms with Gasteiger partial charge in [0.25, 0.3) is 15.9 Å². The fourth-order valence-electron chi connectivity index (χ4n) is 3.68. The van der Waals surface area contributed by atoms with Gasteiger partial charge in [-0.1, -0.05) is 18.2 Å². The maximum absolute atomic E-state index is 13.4. The topological polar surface area (TPSA) is 125 Å². The molecule has 0 saturated heterocycles. The predicted octanol–water partition coefficient (Wildman–Crippen LogP) is 4.91. The maximum Gasteiger partial charge on any atom is 0.265 e. The zero-order valence-electron chi connectivity index (χ0n) is 22.7. The SMILES string of the molecule is CCOCC.COCc1cc(-c2cccnc2)ccc1-c1ncccc1S(=O)(=O)Nc1ncc(C)nc1OC. The molecule has 0 spiro atoms. The second-order valence-electron chi connectivity index (χ2n) is 8.15. The van der Waals surface area contributed by atoms with E-state index < -0.39 is 10.0 Å². The minimum Gasteiger partial charge on any atom is -0.478 e. The molecule has 11 heteroatoms. The highest BCUT2D eigenvalue weighted by Crippen LogP contribution is 2.33. The second-order valence-corrected chi connectivity index (χ2v) is 9.80. The predicted molar refractivity (Wildman–Crippen MR) is 150 cm³/mol. The zero-order chi connectivity index (χ0) is 28.3. The maximum atomic E-state index is 13.4. The summed E-state index contributed by atoms with van der Waals surface area (Å²) >= 11 is 0. The van der Waals surface area contributed by atoms with Gasteiger partial charge in [0.15, 0.2) is 0 Å². The Morgan fingerprint density at radius 2 is 1.69 bits per heavy atom. The van der Waals surface area contributed by atoms with Crippen molar-refractivity contribution < 1.29 is 22.6 Å². The van der Waals surface area contributed by atoms with Gasteiger partial charge in [0.2, 0.25) is 5.82 Å². The number of benzene rings is 1. The minimum atomic E-state index is -4.08. The number of sulfonamides is 1. The Morgan fingerprint density at radius 3 is 2.33 bits per heavy atom. The first-order valence-corrected chi connectivity index (χ1v) is 13.8. The summed E-state index contributed by atoms with van der Waals surface area (Å²) in [6, 6.07) is 12.6. The lowest BCUT2D eigenvalue weighted by Crippen LogP contribution is -2.17. The first kappa shape index (κ1) is 29.6. The first-order valence-electron chi connectivity index (χ1n) is 12.3. The van der Waals surface area contributed by atoms with Gasteiger partial charge in [-0.3, -0.25) is 14.7 Å². The van der Waals surface area contributed by atoms with Crippen LogP contribution in [0.1, 0.15) is 25.1 Å². The quantitative estimate of drug-likeness (QED) is 0.293. The molecular formula is C28H33N5O5S. The molecule has 3 aromatic heterocycles. The monoisotopic (exact) mass is 551 g/mol. The Bertz CT molecular complexity index is 1460. The van der Waals surface area contributed by atoms with E-state index in [1.807, 2.05) is 44.2 Å². The molecule has 0 unspecified atom stereocenters. The van der Waals surface area contributed by atoms with Crippen molar-refractivity contribution in [1.29, 1.82) is 0 Å². The largest absolute Gasteiger partial charge is 0.478 e. The Balaban J connectivity index is 0.000000771. The standard InChI is InChI=1S/C24H23N5O4S.C4H10O/c1-16-13-27-23(24(28-16)33-3)29-34(30,31)21-7-5-11-26-22(21)20-9-8-17(12-19(20)15-32-2)18-6-4-10-25-14-18;1-3-5-4-2/h4-14H,15H2,1-3H3,(H,27,29);3-4H2,1-2H3. The lowest BCUT2D eigenvalue weighted by atomic mass is 9.98. The summed E-state index contributed by atoms with van der Waals surface area (Å²) in [5, 5.41) is 0. The van der Waals surface area contributed by atoms with Crippen molar-refractivity contribution >= 4 is 15.8 Å². The van der Waals surface area contributed by atoms with Crippen LogP contribution >= 0.6 is 0 Å². The average molecular weight is 552 g/mol. The van der Waals surface area contributed by atoms with Crippen molar-refractivity contribution in [3.8, 4) is 28.3 Å². The van der Waals surface area contributed by atoms with Crippen LogP contribution in [0.15, 0.2) is 72.1 Å². The van der Waals surface area contributed by atoms with Crippen LogP contribution in [0.25, 0.3) is 22.4 Å². The summed E-state index contributed by atoms with van der Waals surface area (Å²) < 4.78 is 44.7. The molecule has 0 radical (unpaired) electrons. The Kier molecular flexibility index (Phi) is 10.9. The molecule has 1 N–H and O–H groups in total. The number of nitrogens with one attached hydrogen (secondary N) is 1. The van der Waals surface area contributed by atoms with E-state index in [4.69, 9.17) is 14.2 Å². The summed E-state index contributed by atoms with van der Waals surface area (Å²) in [6.45, 7) is 7.67. The lowest BCUT2D eigenvalue weighted by Gasteiger charge is -2.16. The zero-order valence-corrected chi connectivity index (χ0v) is 23.5. The summed E-state index contributed by atoms with van der Waals surface area (Å²) in [5.41, 5.74) is 4.18. The van der Waals surface area contributed by atoms with E-state index in [1.165, 1.54) is 19.4 Å². The molecule has 3 heterocycles. The van der Waals surface area contributed by atoms with E-state index in [0.29, 0.717) is 17.0 Å². The van der Waals surface area contributed by atoms with E-state index in [2.05, 4.69) is 24.7 Å². The molecule has 1 aromatic carbocycles. The van der Waals surface area contributed by atoms with Gasteiger partial charge >= 0.3 is 0 Å². The molecule has 4 aromatic rings. The van der Waals surface area contributed by atoms with Crippen molar-refractivity contribution in [1.82, 2.24) is 19.9 Å². The van der Waals surface area contributed by atoms with E-state index in [1.54, 1.807) is 38.7 Å². The third-order valence-electron chi connectivity index (χ3n) is 5.41. The highest BCUT2D eigenvalue weighted by Gasteiger charge is 2.24. The number of methoxy groups -OCH3 is 2. The van der Waals surface area contributed by atoms with Gasteiger partial charge < -0.3 is 14.2 Å². The molecular weight excluding hydrogens is 518 g/mol. The van der Waals surface area contributed by atoms with Crippen LogP contribution in [-0.2, 0) is 26.1 Å². The Morgan fingerprint density at radius 1 is 0.923 bits per heavy atom. The highest BCUT2D eigenvalue weighted by molar-refractivity contribution is 7.92. The number of aromatic nitrogens is 4. The summed E-state index contributed by atoms with van der Waals surface area (Å²) in [4.78, 5) is 16.9. The number of pyridine rings is 2. The van der Waals surface area contributed by atoms with Crippen LogP contribution < -0.4 is 9.46 Å². The van der Waals surface area contributed by atoms with Crippen molar-refractivity contribution in [2.24, 2.45) is 0 Å². The molecule has 206 valence electrons. The number of rotatable bonds is 10. The fraction of sp³-hybridized carbons (Fsp3) is 0.286. The van der Waals surface area contributed by atoms with Crippen LogP contribution in [0.4, 0.5) is 5.82 Å². The molecule has 0 aliphatic carbocycles. The van der Waals surface area contributed by atoms with Crippen LogP contribution in [0.5, 0.6) is 5.88 Å². The molecule has 0 atom stereocenters. The third-order valence-corrected chi connectivity index (χ3v) is 6.78. The number of aryl methyl sites for hydroxylation is 1. The molecule has 0 amide bonds. The van der Waals surface area contributed by atoms with Gasteiger partial charge in [-0.15, -0.1) is 0 Å². The Hall–Kier alpha value is -3.93. The number of nitrogens with zero attached hydrogens (tertiary/aromatic N) is 4. The number of anilines is 1. The van der Waals surface area contributed by atoms with Crippen molar-refractivity contribution in [2.75, 3.05) is 32.2 Å². The van der Waals surface area contributed by atoms with E-state index >= 15 is 0 Å². The van der Waals surface area contributed by atoms with Gasteiger partial charge in [0.05, 0.1) is 31.3 Å². The van der Waals surface area contributed by atoms with Crippen LogP contribution in [0.3, 0.4) is 0 Å². The molecule has 10 nitrogen and oxygen atoms in total. The van der Waals surface area contributed by atoms with Crippen LogP contribution in [0.2, 0.25) is 0 Å². The van der Waals surface area contributed by atoms with Gasteiger partial charge in [0.1, 0.15) is 4.90 Å². The van der Waals surface area contributed by atoms with Gasteiger partial charge in [-0.05, 0) is 61.7 Å². The molecule has 0 aliphatic heterocycles. The smallest absolute Gasteiger partial charge is 0.265 e. The third kappa shape index (κ3) is 7.79. The summed E-state index contributed by atoms with van der Waals surface area (Å²) in [6.07, 6.45) is 6.48. The van der Waals surface area contributed by atoms with Crippen LogP contribution in [0, 0.1) is 6.92 Å². The normalized spacial score (nSPS) is 10.9. The first-order chi connectivity index (χ1) is 18.8. The number of hydrogen-bond acceptors (Lipinski definition) is 9. The van der Waals surface area contributed by atoms with Gasteiger partial charge in [-0.25, -0.2) is 18.4 Å². The summed E-state index contributed by atoms with van der Waals surface area (Å²) in [5.74, 6) is 0.0712. The fourth-order valence-corrected chi connectivity index (χ4v) is 4.86. The van der Waals surface area contributed by atoms with E-state index in [9.17, 15) is 8.42 Å². The van der Waals surface area contributed by atoms with Crippen molar-refractivity contribution in [2.45, 2.75) is 32.3 Å². The number of hydrogen-bond donors (Lipinski definition) is 1. The Labute approximate surface area is 229 Å². The van der Waals surface area contributed by atoms with Crippen LogP contribution in [-0.4, -0.2) is 55.8 Å².